The summed E-state index contributed by atoms with van der Waals surface area (Å²) in [6.45, 7) is 10.3. The normalized spacial score (nSPS) is 10.9. The molecule has 40 heavy (non-hydrogen) atoms. The van der Waals surface area contributed by atoms with Gasteiger partial charge in [-0.2, -0.15) is 0 Å². The molecule has 0 bridgehead atoms. The Morgan fingerprint density at radius 2 is 1.62 bits per heavy atom. The zero-order valence-electron chi connectivity index (χ0n) is 22.9. The number of pyridine rings is 3. The molecular formula is C34H27IrN3OS-2. The number of rotatable bonds is 2. The zero-order chi connectivity index (χ0) is 27.1. The van der Waals surface area contributed by atoms with Crippen LogP contribution in [0.4, 0.5) is 0 Å². The Balaban J connectivity index is 0.000000175. The Kier molecular flexibility index (Phi) is 7.95. The van der Waals surface area contributed by atoms with E-state index in [4.69, 9.17) is 9.40 Å². The Labute approximate surface area is 251 Å². The molecule has 0 N–H and O–H groups in total. The Morgan fingerprint density at radius 3 is 2.40 bits per heavy atom. The van der Waals surface area contributed by atoms with E-state index in [2.05, 4.69) is 85.5 Å². The summed E-state index contributed by atoms with van der Waals surface area (Å²) in [5.74, 6) is 0. The van der Waals surface area contributed by atoms with Crippen molar-refractivity contribution >= 4 is 43.6 Å². The van der Waals surface area contributed by atoms with E-state index in [0.717, 1.165) is 50.1 Å². The SMILES string of the molecule is Cc1c[c-]c(-c2cc(C)c(C)cn2)cc1.Cc1ccc2c(n1)oc1c(-c3ccc4scc(C)c4n3)[c-]ccc12.[Ir]. The molecule has 1 radical (unpaired) electrons. The third-order valence-corrected chi connectivity index (χ3v) is 7.96. The molecule has 0 saturated heterocycles. The second kappa shape index (κ2) is 11.4. The van der Waals surface area contributed by atoms with Gasteiger partial charge in [-0.05, 0) is 73.8 Å². The summed E-state index contributed by atoms with van der Waals surface area (Å²) in [6.07, 6.45) is 1.92. The van der Waals surface area contributed by atoms with Gasteiger partial charge in [0.25, 0.3) is 0 Å². The van der Waals surface area contributed by atoms with Gasteiger partial charge in [0, 0.05) is 37.4 Å². The largest absolute Gasteiger partial charge is 0.486 e. The van der Waals surface area contributed by atoms with Crippen molar-refractivity contribution in [1.29, 1.82) is 0 Å². The van der Waals surface area contributed by atoms with Gasteiger partial charge in [-0.15, -0.1) is 64.9 Å². The van der Waals surface area contributed by atoms with E-state index < -0.39 is 0 Å². The quantitative estimate of drug-likeness (QED) is 0.168. The molecule has 0 aliphatic rings. The van der Waals surface area contributed by atoms with Gasteiger partial charge in [-0.25, -0.2) is 4.98 Å². The summed E-state index contributed by atoms with van der Waals surface area (Å²) < 4.78 is 7.26. The third kappa shape index (κ3) is 5.35. The van der Waals surface area contributed by atoms with Crippen LogP contribution in [-0.4, -0.2) is 15.0 Å². The first-order valence-corrected chi connectivity index (χ1v) is 13.7. The first-order chi connectivity index (χ1) is 18.9. The average Bonchev–Trinajstić information content (AvgIpc) is 3.50. The number of thiophene rings is 1. The number of furan rings is 1. The third-order valence-electron chi connectivity index (χ3n) is 6.91. The fourth-order valence-corrected chi connectivity index (χ4v) is 5.39. The van der Waals surface area contributed by atoms with Crippen molar-refractivity contribution < 1.29 is 24.5 Å². The van der Waals surface area contributed by atoms with E-state index in [-0.39, 0.29) is 20.1 Å². The number of aryl methyl sites for hydroxylation is 5. The minimum absolute atomic E-state index is 0. The predicted molar refractivity (Wildman–Crippen MR) is 161 cm³/mol. The van der Waals surface area contributed by atoms with E-state index >= 15 is 0 Å². The smallest absolute Gasteiger partial charge is 0.216 e. The van der Waals surface area contributed by atoms with Gasteiger partial charge in [0.1, 0.15) is 0 Å². The molecule has 6 heteroatoms. The van der Waals surface area contributed by atoms with Crippen molar-refractivity contribution in [1.82, 2.24) is 15.0 Å². The summed E-state index contributed by atoms with van der Waals surface area (Å²) in [5.41, 5.74) is 12.2. The predicted octanol–water partition coefficient (Wildman–Crippen LogP) is 9.15. The molecule has 0 saturated carbocycles. The maximum Gasteiger partial charge on any atom is 0.216 e. The van der Waals surface area contributed by atoms with Crippen LogP contribution in [0.25, 0.3) is 54.8 Å². The van der Waals surface area contributed by atoms with Crippen LogP contribution in [0.2, 0.25) is 0 Å². The number of aromatic nitrogens is 3. The first kappa shape index (κ1) is 27.9. The van der Waals surface area contributed by atoms with E-state index in [1.807, 2.05) is 43.5 Å². The molecule has 0 fully saturated rings. The number of hydrogen-bond donors (Lipinski definition) is 0. The van der Waals surface area contributed by atoms with E-state index in [1.54, 1.807) is 11.3 Å². The standard InChI is InChI=1S/C20H13N2OS.C14H14N.Ir/c1-11-10-24-17-9-8-16(22-18(11)17)15-5-3-4-13-14-7-6-12(2)21-20(14)23-19(13)15;1-10-4-6-13(7-5-10)14-8-11(2)12(3)9-15-14;/h3-4,6-10H,1-2H3;4-6,8-9H,1-3H3;/q2*-1;. The first-order valence-electron chi connectivity index (χ1n) is 12.8. The van der Waals surface area contributed by atoms with Crippen molar-refractivity contribution in [2.75, 3.05) is 0 Å². The summed E-state index contributed by atoms with van der Waals surface area (Å²) >= 11 is 1.72. The molecule has 5 aromatic heterocycles. The number of nitrogens with zero attached hydrogens (tertiary/aromatic N) is 3. The van der Waals surface area contributed by atoms with Crippen LogP contribution >= 0.6 is 11.3 Å². The maximum absolute atomic E-state index is 6.06. The van der Waals surface area contributed by atoms with Gasteiger partial charge in [0.15, 0.2) is 0 Å². The molecule has 0 aliphatic heterocycles. The van der Waals surface area contributed by atoms with Crippen molar-refractivity contribution in [3.8, 4) is 22.5 Å². The molecule has 7 rings (SSSR count). The summed E-state index contributed by atoms with van der Waals surface area (Å²) in [4.78, 5) is 13.8. The Morgan fingerprint density at radius 1 is 0.775 bits per heavy atom. The van der Waals surface area contributed by atoms with E-state index in [0.29, 0.717) is 5.71 Å². The second-order valence-electron chi connectivity index (χ2n) is 9.90. The Bertz CT molecular complexity index is 1970. The van der Waals surface area contributed by atoms with Crippen LogP contribution in [0, 0.1) is 46.8 Å². The van der Waals surface area contributed by atoms with Crippen LogP contribution in [0.15, 0.2) is 76.7 Å². The summed E-state index contributed by atoms with van der Waals surface area (Å²) in [7, 11) is 0. The van der Waals surface area contributed by atoms with Gasteiger partial charge >= 0.3 is 0 Å². The second-order valence-corrected chi connectivity index (χ2v) is 10.8. The molecule has 0 atom stereocenters. The van der Waals surface area contributed by atoms with Gasteiger partial charge in [0.05, 0.1) is 15.8 Å². The van der Waals surface area contributed by atoms with E-state index in [9.17, 15) is 0 Å². The molecule has 201 valence electrons. The maximum atomic E-state index is 6.06. The molecule has 0 aliphatic carbocycles. The van der Waals surface area contributed by atoms with Crippen molar-refractivity contribution in [2.45, 2.75) is 34.6 Å². The van der Waals surface area contributed by atoms with Gasteiger partial charge in [-0.1, -0.05) is 35.6 Å². The van der Waals surface area contributed by atoms with E-state index in [1.165, 1.54) is 27.0 Å². The van der Waals surface area contributed by atoms with Gasteiger partial charge in [0.2, 0.25) is 5.71 Å². The van der Waals surface area contributed by atoms with Crippen LogP contribution in [-0.2, 0) is 20.1 Å². The van der Waals surface area contributed by atoms with Crippen LogP contribution < -0.4 is 0 Å². The zero-order valence-corrected chi connectivity index (χ0v) is 26.1. The molecule has 0 amide bonds. The molecule has 5 heterocycles. The molecule has 2 aromatic carbocycles. The number of benzene rings is 2. The molecule has 0 spiro atoms. The van der Waals surface area contributed by atoms with Gasteiger partial charge in [-0.3, -0.25) is 4.98 Å². The summed E-state index contributed by atoms with van der Waals surface area (Å²) in [6, 6.07) is 27.0. The van der Waals surface area contributed by atoms with Crippen LogP contribution in [0.1, 0.15) is 27.9 Å². The topological polar surface area (TPSA) is 51.8 Å². The minimum atomic E-state index is 0. The average molecular weight is 718 g/mol. The monoisotopic (exact) mass is 718 g/mol. The molecule has 7 aromatic rings. The number of hydrogen-bond acceptors (Lipinski definition) is 5. The van der Waals surface area contributed by atoms with Crippen LogP contribution in [0.3, 0.4) is 0 Å². The van der Waals surface area contributed by atoms with Gasteiger partial charge < -0.3 is 9.40 Å². The van der Waals surface area contributed by atoms with Crippen molar-refractivity contribution in [2.24, 2.45) is 0 Å². The summed E-state index contributed by atoms with van der Waals surface area (Å²) in [5, 5.41) is 4.22. The molecular weight excluding hydrogens is 691 g/mol. The van der Waals surface area contributed by atoms with Crippen LogP contribution in [0.5, 0.6) is 0 Å². The van der Waals surface area contributed by atoms with Crippen molar-refractivity contribution in [3.63, 3.8) is 0 Å². The van der Waals surface area contributed by atoms with Crippen molar-refractivity contribution in [3.05, 3.63) is 112 Å². The fourth-order valence-electron chi connectivity index (χ4n) is 4.51. The number of fused-ring (bicyclic) bond motifs is 4. The molecule has 0 unspecified atom stereocenters. The molecule has 4 nitrogen and oxygen atoms in total. The minimum Gasteiger partial charge on any atom is -0.486 e. The fraction of sp³-hybridized carbons (Fsp3) is 0.147. The Hall–Kier alpha value is -3.70.